The highest BCUT2D eigenvalue weighted by Gasteiger charge is 2.20. The number of hydroxylamine groups is 1. The molecule has 0 atom stereocenters. The first-order valence-corrected chi connectivity index (χ1v) is 10.4. The Hall–Kier alpha value is -1.90. The van der Waals surface area contributed by atoms with Gasteiger partial charge in [0.15, 0.2) is 11.6 Å². The van der Waals surface area contributed by atoms with Crippen LogP contribution in [0.4, 0.5) is 24.5 Å². The lowest BCUT2D eigenvalue weighted by atomic mass is 10.1. The fraction of sp³-hybridized carbons (Fsp3) is 0.188. The molecule has 12 heteroatoms. The van der Waals surface area contributed by atoms with E-state index >= 15 is 0 Å². The van der Waals surface area contributed by atoms with E-state index in [1.54, 1.807) is 0 Å². The van der Waals surface area contributed by atoms with Crippen molar-refractivity contribution in [2.24, 2.45) is 0 Å². The number of carbonyl (C=O) groups is 1. The molecule has 0 aromatic heterocycles. The summed E-state index contributed by atoms with van der Waals surface area (Å²) >= 11 is 1.88. The average molecular weight is 530 g/mol. The van der Waals surface area contributed by atoms with E-state index in [0.717, 1.165) is 18.4 Å². The molecular weight excluding hydrogens is 516 g/mol. The van der Waals surface area contributed by atoms with Crippen molar-refractivity contribution in [3.8, 4) is 0 Å². The minimum Gasteiger partial charge on any atom is -0.350 e. The SMILES string of the molecule is CS(=O)(=O)OCCONC(=O)c1ccc(F)c(F)c1Nc1ccc(I)cc1F. The van der Waals surface area contributed by atoms with Gasteiger partial charge in [-0.25, -0.2) is 18.7 Å². The number of benzene rings is 2. The molecule has 0 aliphatic carbocycles. The normalized spacial score (nSPS) is 11.3. The molecule has 0 bridgehead atoms. The molecule has 0 heterocycles. The van der Waals surface area contributed by atoms with Crippen molar-refractivity contribution >= 4 is 50.0 Å². The van der Waals surface area contributed by atoms with Crippen LogP contribution >= 0.6 is 22.6 Å². The van der Waals surface area contributed by atoms with Gasteiger partial charge in [0, 0.05) is 3.57 Å². The van der Waals surface area contributed by atoms with Crippen molar-refractivity contribution in [1.82, 2.24) is 5.48 Å². The van der Waals surface area contributed by atoms with Crippen molar-refractivity contribution in [2.45, 2.75) is 0 Å². The second-order valence-corrected chi connectivity index (χ2v) is 8.23. The Kier molecular flexibility index (Phi) is 7.63. The molecule has 1 amide bonds. The first kappa shape index (κ1) is 22.4. The lowest BCUT2D eigenvalue weighted by Crippen LogP contribution is -2.27. The van der Waals surface area contributed by atoms with Crippen LogP contribution in [-0.4, -0.2) is 33.8 Å². The van der Waals surface area contributed by atoms with Gasteiger partial charge in [0.25, 0.3) is 16.0 Å². The van der Waals surface area contributed by atoms with E-state index in [2.05, 4.69) is 9.50 Å². The molecule has 28 heavy (non-hydrogen) atoms. The zero-order valence-corrected chi connectivity index (χ0v) is 17.2. The molecule has 2 aromatic rings. The number of anilines is 2. The predicted octanol–water partition coefficient (Wildman–Crippen LogP) is 3.09. The molecule has 2 N–H and O–H groups in total. The number of carbonyl (C=O) groups excluding carboxylic acids is 1. The highest BCUT2D eigenvalue weighted by molar-refractivity contribution is 14.1. The molecule has 2 rings (SSSR count). The molecule has 0 aliphatic rings. The van der Waals surface area contributed by atoms with Gasteiger partial charge in [-0.05, 0) is 52.9 Å². The zero-order chi connectivity index (χ0) is 20.9. The van der Waals surface area contributed by atoms with Gasteiger partial charge in [0.2, 0.25) is 0 Å². The first-order valence-electron chi connectivity index (χ1n) is 7.55. The van der Waals surface area contributed by atoms with Crippen LogP contribution in [0, 0.1) is 21.0 Å². The highest BCUT2D eigenvalue weighted by Crippen LogP contribution is 2.28. The smallest absolute Gasteiger partial charge is 0.277 e. The maximum absolute atomic E-state index is 14.2. The summed E-state index contributed by atoms with van der Waals surface area (Å²) < 4.78 is 68.4. The fourth-order valence-corrected chi connectivity index (χ4v) is 2.81. The summed E-state index contributed by atoms with van der Waals surface area (Å²) in [6.45, 7) is -0.688. The van der Waals surface area contributed by atoms with Crippen LogP contribution in [0.25, 0.3) is 0 Å². The monoisotopic (exact) mass is 530 g/mol. The van der Waals surface area contributed by atoms with E-state index in [-0.39, 0.29) is 24.5 Å². The maximum atomic E-state index is 14.2. The molecule has 7 nitrogen and oxygen atoms in total. The lowest BCUT2D eigenvalue weighted by molar-refractivity contribution is 0.0209. The Morgan fingerprint density at radius 2 is 1.82 bits per heavy atom. The number of rotatable bonds is 8. The molecule has 0 saturated carbocycles. The summed E-state index contributed by atoms with van der Waals surface area (Å²) in [7, 11) is -3.67. The van der Waals surface area contributed by atoms with Crippen LogP contribution in [0.2, 0.25) is 0 Å². The first-order chi connectivity index (χ1) is 13.1. The van der Waals surface area contributed by atoms with Crippen molar-refractivity contribution in [3.63, 3.8) is 0 Å². The number of amides is 1. The van der Waals surface area contributed by atoms with E-state index in [1.165, 1.54) is 18.2 Å². The third kappa shape index (κ3) is 6.32. The number of hydrogen-bond donors (Lipinski definition) is 2. The average Bonchev–Trinajstić information content (AvgIpc) is 2.59. The third-order valence-electron chi connectivity index (χ3n) is 3.18. The van der Waals surface area contributed by atoms with E-state index in [4.69, 9.17) is 4.84 Å². The maximum Gasteiger partial charge on any atom is 0.277 e. The Labute approximate surface area is 172 Å². The van der Waals surface area contributed by atoms with Crippen molar-refractivity contribution in [2.75, 3.05) is 24.8 Å². The van der Waals surface area contributed by atoms with E-state index in [1.807, 2.05) is 28.1 Å². The van der Waals surface area contributed by atoms with E-state index < -0.39 is 39.2 Å². The van der Waals surface area contributed by atoms with Gasteiger partial charge in [0.1, 0.15) is 5.82 Å². The fourth-order valence-electron chi connectivity index (χ4n) is 1.99. The lowest BCUT2D eigenvalue weighted by Gasteiger charge is -2.14. The van der Waals surface area contributed by atoms with Crippen molar-refractivity contribution < 1.29 is 35.4 Å². The summed E-state index contributed by atoms with van der Waals surface area (Å²) in [5, 5.41) is 2.37. The van der Waals surface area contributed by atoms with Crippen LogP contribution in [-0.2, 0) is 19.1 Å². The van der Waals surface area contributed by atoms with Gasteiger partial charge in [-0.2, -0.15) is 8.42 Å². The van der Waals surface area contributed by atoms with Gasteiger partial charge in [0.05, 0.1) is 36.4 Å². The Bertz CT molecular complexity index is 988. The minimum atomic E-state index is -3.67. The molecule has 152 valence electrons. The number of hydrogen-bond acceptors (Lipinski definition) is 6. The number of nitrogens with one attached hydrogen (secondary N) is 2. The van der Waals surface area contributed by atoms with Gasteiger partial charge < -0.3 is 5.32 Å². The second kappa shape index (κ2) is 9.54. The quantitative estimate of drug-likeness (QED) is 0.236. The van der Waals surface area contributed by atoms with Crippen LogP contribution in [0.3, 0.4) is 0 Å². The van der Waals surface area contributed by atoms with Gasteiger partial charge in [-0.1, -0.05) is 0 Å². The third-order valence-corrected chi connectivity index (χ3v) is 4.44. The van der Waals surface area contributed by atoms with E-state index in [0.29, 0.717) is 3.57 Å². The van der Waals surface area contributed by atoms with Gasteiger partial charge >= 0.3 is 0 Å². The minimum absolute atomic E-state index is 0.165. The van der Waals surface area contributed by atoms with Crippen LogP contribution in [0.5, 0.6) is 0 Å². The molecule has 0 aliphatic heterocycles. The molecule has 0 radical (unpaired) electrons. The zero-order valence-electron chi connectivity index (χ0n) is 14.3. The molecule has 0 fully saturated rings. The van der Waals surface area contributed by atoms with Crippen LogP contribution in [0.1, 0.15) is 10.4 Å². The Morgan fingerprint density at radius 1 is 1.11 bits per heavy atom. The van der Waals surface area contributed by atoms with Crippen LogP contribution in [0.15, 0.2) is 30.3 Å². The van der Waals surface area contributed by atoms with Crippen LogP contribution < -0.4 is 10.8 Å². The summed E-state index contributed by atoms with van der Waals surface area (Å²) in [6, 6.07) is 5.73. The Morgan fingerprint density at radius 3 is 2.46 bits per heavy atom. The molecule has 2 aromatic carbocycles. The summed E-state index contributed by atoms with van der Waals surface area (Å²) in [6.07, 6.45) is 0.842. The molecular formula is C16H14F3IN2O5S. The van der Waals surface area contributed by atoms with Crippen molar-refractivity contribution in [1.29, 1.82) is 0 Å². The number of halogens is 4. The largest absolute Gasteiger partial charge is 0.350 e. The van der Waals surface area contributed by atoms with E-state index in [9.17, 15) is 26.4 Å². The standard InChI is InChI=1S/C16H14F3IN2O5S/c1-28(24,25)27-7-6-26-22-16(23)10-3-4-11(17)14(19)15(10)21-13-5-2-9(20)8-12(13)18/h2-5,8,21H,6-7H2,1H3,(H,22,23). The second-order valence-electron chi connectivity index (χ2n) is 5.34. The molecule has 0 spiro atoms. The highest BCUT2D eigenvalue weighted by atomic mass is 127. The summed E-state index contributed by atoms with van der Waals surface area (Å²) in [5.41, 5.74) is 0.829. The molecule has 0 unspecified atom stereocenters. The molecule has 0 saturated heterocycles. The summed E-state index contributed by atoms with van der Waals surface area (Å²) in [4.78, 5) is 17.0. The Balaban J connectivity index is 2.15. The topological polar surface area (TPSA) is 93.7 Å². The van der Waals surface area contributed by atoms with Crippen molar-refractivity contribution in [3.05, 3.63) is 56.9 Å². The predicted molar refractivity (Wildman–Crippen MR) is 103 cm³/mol. The summed E-state index contributed by atoms with van der Waals surface area (Å²) in [5.74, 6) is -4.32. The van der Waals surface area contributed by atoms with Gasteiger partial charge in [-0.15, -0.1) is 0 Å². The van der Waals surface area contributed by atoms with Gasteiger partial charge in [-0.3, -0.25) is 13.8 Å².